The van der Waals surface area contributed by atoms with E-state index in [4.69, 9.17) is 0 Å². The number of rotatable bonds is 4. The minimum absolute atomic E-state index is 0.0797. The van der Waals surface area contributed by atoms with Crippen LogP contribution < -0.4 is 10.6 Å². The molecule has 2 amide bonds. The molecule has 0 bridgehead atoms. The van der Waals surface area contributed by atoms with Crippen molar-refractivity contribution in [3.05, 3.63) is 17.5 Å². The standard InChI is InChI=1S/C18H27N5O2/c24-17(14-5-6-19-10-14)20-11-15-9-16-12-22(7-2-8-23(16)21-15)18(25)13-3-1-4-13/h9,13-14,19H,1-8,10-12H2,(H,20,24). The van der Waals surface area contributed by atoms with Crippen molar-refractivity contribution in [3.8, 4) is 0 Å². The highest BCUT2D eigenvalue weighted by atomic mass is 16.2. The Morgan fingerprint density at radius 1 is 1.20 bits per heavy atom. The molecule has 1 aromatic rings. The Kier molecular flexibility index (Phi) is 4.74. The lowest BCUT2D eigenvalue weighted by molar-refractivity contribution is -0.138. The maximum Gasteiger partial charge on any atom is 0.226 e. The summed E-state index contributed by atoms with van der Waals surface area (Å²) in [6.07, 6.45) is 5.11. The van der Waals surface area contributed by atoms with Crippen LogP contribution in [0.25, 0.3) is 0 Å². The Labute approximate surface area is 148 Å². The average molecular weight is 345 g/mol. The number of hydrogen-bond acceptors (Lipinski definition) is 4. The van der Waals surface area contributed by atoms with Gasteiger partial charge in [0.05, 0.1) is 30.4 Å². The van der Waals surface area contributed by atoms with Crippen molar-refractivity contribution < 1.29 is 9.59 Å². The van der Waals surface area contributed by atoms with E-state index in [9.17, 15) is 9.59 Å². The van der Waals surface area contributed by atoms with E-state index in [0.717, 1.165) is 63.3 Å². The van der Waals surface area contributed by atoms with Gasteiger partial charge in [0.1, 0.15) is 0 Å². The second-order valence-electron chi connectivity index (χ2n) is 7.50. The third kappa shape index (κ3) is 3.56. The fourth-order valence-corrected chi connectivity index (χ4v) is 3.91. The highest BCUT2D eigenvalue weighted by Gasteiger charge is 2.31. The highest BCUT2D eigenvalue weighted by molar-refractivity contribution is 5.80. The fraction of sp³-hybridized carbons (Fsp3) is 0.722. The van der Waals surface area contributed by atoms with Crippen molar-refractivity contribution >= 4 is 11.8 Å². The van der Waals surface area contributed by atoms with Crippen LogP contribution in [0, 0.1) is 11.8 Å². The molecule has 1 aromatic heterocycles. The van der Waals surface area contributed by atoms with Gasteiger partial charge in [0.15, 0.2) is 0 Å². The summed E-state index contributed by atoms with van der Waals surface area (Å²) in [6.45, 7) is 4.45. The summed E-state index contributed by atoms with van der Waals surface area (Å²) >= 11 is 0. The number of hydrogen-bond donors (Lipinski definition) is 2. The first-order valence-electron chi connectivity index (χ1n) is 9.53. The molecule has 2 N–H and O–H groups in total. The molecule has 2 fully saturated rings. The van der Waals surface area contributed by atoms with Gasteiger partial charge in [-0.15, -0.1) is 0 Å². The van der Waals surface area contributed by atoms with Crippen LogP contribution in [0.5, 0.6) is 0 Å². The molecule has 1 aliphatic carbocycles. The zero-order valence-corrected chi connectivity index (χ0v) is 14.7. The second kappa shape index (κ2) is 7.15. The SMILES string of the molecule is O=C(NCc1cc2n(n1)CCCN(C(=O)C1CCC1)C2)C1CCNC1. The van der Waals surface area contributed by atoms with Gasteiger partial charge in [-0.2, -0.15) is 5.10 Å². The molecule has 4 rings (SSSR count). The number of nitrogens with one attached hydrogen (secondary N) is 2. The molecule has 0 aromatic carbocycles. The summed E-state index contributed by atoms with van der Waals surface area (Å²) in [4.78, 5) is 26.7. The molecular formula is C18H27N5O2. The van der Waals surface area contributed by atoms with E-state index in [1.807, 2.05) is 15.6 Å². The topological polar surface area (TPSA) is 79.3 Å². The van der Waals surface area contributed by atoms with Crippen LogP contribution in [0.2, 0.25) is 0 Å². The Balaban J connectivity index is 1.37. The van der Waals surface area contributed by atoms with Crippen molar-refractivity contribution in [1.29, 1.82) is 0 Å². The van der Waals surface area contributed by atoms with Gasteiger partial charge < -0.3 is 15.5 Å². The number of aryl methyl sites for hydroxylation is 1. The van der Waals surface area contributed by atoms with E-state index in [1.165, 1.54) is 6.42 Å². The quantitative estimate of drug-likeness (QED) is 0.839. The molecule has 1 saturated carbocycles. The molecule has 2 aliphatic heterocycles. The Morgan fingerprint density at radius 2 is 2.08 bits per heavy atom. The van der Waals surface area contributed by atoms with Crippen molar-refractivity contribution in [1.82, 2.24) is 25.3 Å². The van der Waals surface area contributed by atoms with Gasteiger partial charge >= 0.3 is 0 Å². The number of fused-ring (bicyclic) bond motifs is 1. The van der Waals surface area contributed by atoms with E-state index < -0.39 is 0 Å². The van der Waals surface area contributed by atoms with Crippen molar-refractivity contribution in [2.24, 2.45) is 11.8 Å². The van der Waals surface area contributed by atoms with E-state index in [0.29, 0.717) is 19.0 Å². The van der Waals surface area contributed by atoms with E-state index >= 15 is 0 Å². The van der Waals surface area contributed by atoms with Crippen LogP contribution in [0.15, 0.2) is 6.07 Å². The molecule has 1 unspecified atom stereocenters. The van der Waals surface area contributed by atoms with E-state index in [1.54, 1.807) is 0 Å². The van der Waals surface area contributed by atoms with E-state index in [2.05, 4.69) is 15.7 Å². The maximum absolute atomic E-state index is 12.5. The monoisotopic (exact) mass is 345 g/mol. The number of amides is 2. The van der Waals surface area contributed by atoms with Gasteiger partial charge in [0.25, 0.3) is 0 Å². The lowest BCUT2D eigenvalue weighted by atomic mass is 9.84. The van der Waals surface area contributed by atoms with Gasteiger partial charge in [-0.25, -0.2) is 0 Å². The fourth-order valence-electron chi connectivity index (χ4n) is 3.91. The molecule has 7 heteroatoms. The lowest BCUT2D eigenvalue weighted by Gasteiger charge is -2.30. The number of carbonyl (C=O) groups excluding carboxylic acids is 2. The summed E-state index contributed by atoms with van der Waals surface area (Å²) in [5.74, 6) is 0.740. The van der Waals surface area contributed by atoms with Gasteiger partial charge in [0, 0.05) is 25.6 Å². The molecule has 3 aliphatic rings. The van der Waals surface area contributed by atoms with Crippen molar-refractivity contribution in [3.63, 3.8) is 0 Å². The maximum atomic E-state index is 12.5. The van der Waals surface area contributed by atoms with Crippen LogP contribution in [0.1, 0.15) is 43.5 Å². The number of carbonyl (C=O) groups is 2. The molecule has 136 valence electrons. The van der Waals surface area contributed by atoms with Gasteiger partial charge in [0.2, 0.25) is 11.8 Å². The summed E-state index contributed by atoms with van der Waals surface area (Å²) in [5.41, 5.74) is 1.96. The minimum Gasteiger partial charge on any atom is -0.350 e. The minimum atomic E-state index is 0.0797. The van der Waals surface area contributed by atoms with Crippen LogP contribution in [0.3, 0.4) is 0 Å². The van der Waals surface area contributed by atoms with Crippen LogP contribution in [-0.4, -0.2) is 46.1 Å². The smallest absolute Gasteiger partial charge is 0.226 e. The molecule has 25 heavy (non-hydrogen) atoms. The van der Waals surface area contributed by atoms with Crippen LogP contribution >= 0.6 is 0 Å². The van der Waals surface area contributed by atoms with Crippen molar-refractivity contribution in [2.75, 3.05) is 19.6 Å². The highest BCUT2D eigenvalue weighted by Crippen LogP contribution is 2.29. The zero-order chi connectivity index (χ0) is 17.2. The number of aromatic nitrogens is 2. The third-order valence-electron chi connectivity index (χ3n) is 5.71. The molecular weight excluding hydrogens is 318 g/mol. The second-order valence-corrected chi connectivity index (χ2v) is 7.50. The first kappa shape index (κ1) is 16.6. The largest absolute Gasteiger partial charge is 0.350 e. The molecule has 1 saturated heterocycles. The summed E-state index contributed by atoms with van der Waals surface area (Å²) in [5, 5.41) is 10.8. The Morgan fingerprint density at radius 3 is 2.80 bits per heavy atom. The first-order valence-corrected chi connectivity index (χ1v) is 9.53. The van der Waals surface area contributed by atoms with Crippen LogP contribution in [0.4, 0.5) is 0 Å². The molecule has 1 atom stereocenters. The Bertz CT molecular complexity index is 646. The Hall–Kier alpha value is -1.89. The summed E-state index contributed by atoms with van der Waals surface area (Å²) < 4.78 is 2.01. The lowest BCUT2D eigenvalue weighted by Crippen LogP contribution is -2.38. The van der Waals surface area contributed by atoms with Crippen molar-refractivity contribution in [2.45, 2.75) is 51.7 Å². The summed E-state index contributed by atoms with van der Waals surface area (Å²) in [7, 11) is 0. The van der Waals surface area contributed by atoms with Crippen LogP contribution in [-0.2, 0) is 29.2 Å². The average Bonchev–Trinajstić information content (AvgIpc) is 3.17. The molecule has 0 spiro atoms. The zero-order valence-electron chi connectivity index (χ0n) is 14.7. The van der Waals surface area contributed by atoms with Gasteiger partial charge in [-0.3, -0.25) is 14.3 Å². The molecule has 3 heterocycles. The normalized spacial score (nSPS) is 23.7. The number of nitrogens with zero attached hydrogens (tertiary/aromatic N) is 3. The third-order valence-corrected chi connectivity index (χ3v) is 5.71. The predicted octanol–water partition coefficient (Wildman–Crippen LogP) is 0.641. The van der Waals surface area contributed by atoms with Gasteiger partial charge in [-0.1, -0.05) is 6.42 Å². The summed E-state index contributed by atoms with van der Waals surface area (Å²) in [6, 6.07) is 2.04. The molecule has 7 nitrogen and oxygen atoms in total. The predicted molar refractivity (Wildman–Crippen MR) is 92.4 cm³/mol. The first-order chi connectivity index (χ1) is 12.2. The van der Waals surface area contributed by atoms with Gasteiger partial charge in [-0.05, 0) is 38.3 Å². The molecule has 0 radical (unpaired) electrons. The van der Waals surface area contributed by atoms with E-state index in [-0.39, 0.29) is 17.7 Å².